The van der Waals surface area contributed by atoms with Gasteiger partial charge in [0.25, 0.3) is 0 Å². The largest absolute Gasteiger partial charge is 0.380 e. The van der Waals surface area contributed by atoms with Crippen LogP contribution >= 0.6 is 43.5 Å². The van der Waals surface area contributed by atoms with Gasteiger partial charge in [-0.05, 0) is 51.8 Å². The highest BCUT2D eigenvalue weighted by molar-refractivity contribution is 9.11. The van der Waals surface area contributed by atoms with Gasteiger partial charge in [-0.25, -0.2) is 4.39 Å². The summed E-state index contributed by atoms with van der Waals surface area (Å²) in [6, 6.07) is 10.6. The molecule has 0 saturated heterocycles. The fraction of sp³-hybridized carbons (Fsp3) is 0.0769. The molecule has 0 atom stereocenters. The molecule has 0 unspecified atom stereocenters. The van der Waals surface area contributed by atoms with Crippen molar-refractivity contribution in [2.45, 2.75) is 6.54 Å². The third-order valence-electron chi connectivity index (χ3n) is 2.40. The zero-order valence-electron chi connectivity index (χ0n) is 9.18. The van der Waals surface area contributed by atoms with Crippen LogP contribution in [0.25, 0.3) is 0 Å². The maximum absolute atomic E-state index is 13.0. The Hall–Kier alpha value is -0.580. The molecule has 2 aromatic rings. The minimum atomic E-state index is -0.399. The predicted octanol–water partition coefficient (Wildman–Crippen LogP) is 5.62. The quantitative estimate of drug-likeness (QED) is 0.714. The Bertz CT molecular complexity index is 575. The molecule has 5 heteroatoms. The maximum Gasteiger partial charge on any atom is 0.141 e. The van der Waals surface area contributed by atoms with Gasteiger partial charge < -0.3 is 5.32 Å². The van der Waals surface area contributed by atoms with Gasteiger partial charge in [-0.15, -0.1) is 0 Å². The van der Waals surface area contributed by atoms with Crippen LogP contribution in [0.4, 0.5) is 10.1 Å². The van der Waals surface area contributed by atoms with Crippen molar-refractivity contribution in [1.29, 1.82) is 0 Å². The summed E-state index contributed by atoms with van der Waals surface area (Å²) in [5.41, 5.74) is 1.89. The monoisotopic (exact) mass is 391 g/mol. The number of hydrogen-bond donors (Lipinski definition) is 1. The summed E-state index contributed by atoms with van der Waals surface area (Å²) in [5, 5.41) is 3.40. The van der Waals surface area contributed by atoms with Gasteiger partial charge in [-0.3, -0.25) is 0 Å². The average Bonchev–Trinajstić information content (AvgIpc) is 2.34. The van der Waals surface area contributed by atoms with Crippen LogP contribution in [0.2, 0.25) is 5.02 Å². The van der Waals surface area contributed by atoms with E-state index in [4.69, 9.17) is 11.6 Å². The Balaban J connectivity index is 2.11. The second-order valence-electron chi connectivity index (χ2n) is 3.73. The molecule has 1 nitrogen and oxygen atoms in total. The van der Waals surface area contributed by atoms with Gasteiger partial charge >= 0.3 is 0 Å². The highest BCUT2D eigenvalue weighted by atomic mass is 79.9. The van der Waals surface area contributed by atoms with Crippen LogP contribution in [-0.2, 0) is 6.54 Å². The number of benzene rings is 2. The summed E-state index contributed by atoms with van der Waals surface area (Å²) in [7, 11) is 0. The van der Waals surface area contributed by atoms with E-state index in [1.807, 2.05) is 18.2 Å². The van der Waals surface area contributed by atoms with Crippen LogP contribution in [0.1, 0.15) is 5.56 Å². The van der Waals surface area contributed by atoms with E-state index >= 15 is 0 Å². The average molecular weight is 393 g/mol. The first-order chi connectivity index (χ1) is 8.56. The van der Waals surface area contributed by atoms with Crippen LogP contribution in [0, 0.1) is 5.82 Å². The van der Waals surface area contributed by atoms with E-state index in [9.17, 15) is 4.39 Å². The van der Waals surface area contributed by atoms with Gasteiger partial charge in [-0.2, -0.15) is 0 Å². The molecule has 0 heterocycles. The number of anilines is 1. The van der Waals surface area contributed by atoms with E-state index in [0.29, 0.717) is 6.54 Å². The SMILES string of the molecule is Fc1ccc(CNc2cc(Br)ccc2Br)cc1Cl. The third-order valence-corrected chi connectivity index (χ3v) is 3.87. The Kier molecular flexibility index (Phi) is 4.65. The smallest absolute Gasteiger partial charge is 0.141 e. The van der Waals surface area contributed by atoms with Crippen LogP contribution in [0.15, 0.2) is 45.3 Å². The first-order valence-corrected chi connectivity index (χ1v) is 7.15. The first kappa shape index (κ1) is 13.8. The standard InChI is InChI=1S/C13H9Br2ClFN/c14-9-2-3-10(15)13(6-9)18-7-8-1-4-12(17)11(16)5-8/h1-6,18H,7H2. The Morgan fingerprint density at radius 1 is 1.11 bits per heavy atom. The topological polar surface area (TPSA) is 12.0 Å². The van der Waals surface area contributed by atoms with Crippen molar-refractivity contribution in [2.24, 2.45) is 0 Å². The Labute approximate surface area is 127 Å². The molecule has 0 aliphatic rings. The lowest BCUT2D eigenvalue weighted by atomic mass is 10.2. The molecule has 0 saturated carbocycles. The molecule has 0 aliphatic carbocycles. The van der Waals surface area contributed by atoms with Gasteiger partial charge in [0.2, 0.25) is 0 Å². The van der Waals surface area contributed by atoms with E-state index in [1.165, 1.54) is 6.07 Å². The molecule has 2 rings (SSSR count). The van der Waals surface area contributed by atoms with Crippen molar-refractivity contribution < 1.29 is 4.39 Å². The molecule has 0 fully saturated rings. The molecule has 18 heavy (non-hydrogen) atoms. The van der Waals surface area contributed by atoms with Crippen molar-refractivity contribution >= 4 is 49.1 Å². The summed E-state index contributed by atoms with van der Waals surface area (Å²) < 4.78 is 15.0. The molecule has 0 aromatic heterocycles. The molecule has 1 N–H and O–H groups in total. The van der Waals surface area contributed by atoms with Gasteiger partial charge in [0, 0.05) is 21.2 Å². The van der Waals surface area contributed by atoms with Crippen LogP contribution < -0.4 is 5.32 Å². The van der Waals surface area contributed by atoms with Crippen molar-refractivity contribution in [3.05, 3.63) is 61.7 Å². The second kappa shape index (κ2) is 6.04. The van der Waals surface area contributed by atoms with Gasteiger partial charge in [0.05, 0.1) is 5.02 Å². The molecule has 0 radical (unpaired) electrons. The zero-order chi connectivity index (χ0) is 13.1. The lowest BCUT2D eigenvalue weighted by Gasteiger charge is -2.09. The first-order valence-electron chi connectivity index (χ1n) is 5.19. The molecule has 0 aliphatic heterocycles. The van der Waals surface area contributed by atoms with E-state index in [-0.39, 0.29) is 5.02 Å². The fourth-order valence-corrected chi connectivity index (χ4v) is 2.43. The van der Waals surface area contributed by atoms with E-state index in [1.54, 1.807) is 12.1 Å². The summed E-state index contributed by atoms with van der Waals surface area (Å²) in [4.78, 5) is 0. The van der Waals surface area contributed by atoms with Crippen molar-refractivity contribution in [2.75, 3.05) is 5.32 Å². The van der Waals surface area contributed by atoms with Crippen LogP contribution in [-0.4, -0.2) is 0 Å². The van der Waals surface area contributed by atoms with Gasteiger partial charge in [0.15, 0.2) is 0 Å². The molecule has 0 amide bonds. The molecule has 94 valence electrons. The normalized spacial score (nSPS) is 10.4. The van der Waals surface area contributed by atoms with Crippen molar-refractivity contribution in [1.82, 2.24) is 0 Å². The van der Waals surface area contributed by atoms with Crippen molar-refractivity contribution in [3.63, 3.8) is 0 Å². The van der Waals surface area contributed by atoms with Crippen LogP contribution in [0.3, 0.4) is 0 Å². The zero-order valence-corrected chi connectivity index (χ0v) is 13.1. The lowest BCUT2D eigenvalue weighted by Crippen LogP contribution is -2.00. The molecule has 2 aromatic carbocycles. The highest BCUT2D eigenvalue weighted by Crippen LogP contribution is 2.27. The summed E-state index contributed by atoms with van der Waals surface area (Å²) in [6.45, 7) is 0.578. The number of hydrogen-bond acceptors (Lipinski definition) is 1. The third kappa shape index (κ3) is 3.46. The highest BCUT2D eigenvalue weighted by Gasteiger charge is 2.03. The van der Waals surface area contributed by atoms with E-state index < -0.39 is 5.82 Å². The number of rotatable bonds is 3. The van der Waals surface area contributed by atoms with Crippen LogP contribution in [0.5, 0.6) is 0 Å². The predicted molar refractivity (Wildman–Crippen MR) is 80.6 cm³/mol. The van der Waals surface area contributed by atoms with E-state index in [2.05, 4.69) is 37.2 Å². The minimum Gasteiger partial charge on any atom is -0.380 e. The molecule has 0 spiro atoms. The maximum atomic E-state index is 13.0. The number of halogens is 4. The number of nitrogens with one attached hydrogen (secondary N) is 1. The van der Waals surface area contributed by atoms with E-state index in [0.717, 1.165) is 20.2 Å². The fourth-order valence-electron chi connectivity index (χ4n) is 1.48. The summed E-state index contributed by atoms with van der Waals surface area (Å²) >= 11 is 12.6. The molecular formula is C13H9Br2ClFN. The summed E-state index contributed by atoms with van der Waals surface area (Å²) in [5.74, 6) is -0.399. The van der Waals surface area contributed by atoms with Gasteiger partial charge in [0.1, 0.15) is 5.82 Å². The molecular weight excluding hydrogens is 384 g/mol. The van der Waals surface area contributed by atoms with Gasteiger partial charge in [-0.1, -0.05) is 33.6 Å². The summed E-state index contributed by atoms with van der Waals surface area (Å²) in [6.07, 6.45) is 0. The Morgan fingerprint density at radius 3 is 2.61 bits per heavy atom. The molecule has 0 bridgehead atoms. The Morgan fingerprint density at radius 2 is 1.89 bits per heavy atom. The lowest BCUT2D eigenvalue weighted by molar-refractivity contribution is 0.627. The van der Waals surface area contributed by atoms with Crippen molar-refractivity contribution in [3.8, 4) is 0 Å². The second-order valence-corrected chi connectivity index (χ2v) is 5.90. The minimum absolute atomic E-state index is 0.141.